The molecule has 0 bridgehead atoms. The summed E-state index contributed by atoms with van der Waals surface area (Å²) in [5.74, 6) is -5.28. The number of nitrogens with zero attached hydrogens (tertiary/aromatic N) is 4. The molecule has 6 aromatic carbocycles. The Hall–Kier alpha value is -7.96. The van der Waals surface area contributed by atoms with E-state index in [1.54, 1.807) is 66.7 Å². The summed E-state index contributed by atoms with van der Waals surface area (Å²) in [6.07, 6.45) is -7.80. The van der Waals surface area contributed by atoms with Crippen LogP contribution in [0.4, 0.5) is 55.8 Å². The average molecular weight is 1060 g/mol. The van der Waals surface area contributed by atoms with E-state index >= 15 is 17.6 Å². The highest BCUT2D eigenvalue weighted by Crippen LogP contribution is 2.43. The van der Waals surface area contributed by atoms with Crippen LogP contribution in [-0.4, -0.2) is 29.9 Å². The van der Waals surface area contributed by atoms with E-state index in [0.29, 0.717) is 34.3 Å². The number of anilines is 2. The Labute approximate surface area is 423 Å². The van der Waals surface area contributed by atoms with Crippen molar-refractivity contribution >= 4 is 57.2 Å². The largest absolute Gasteiger partial charge is 0.416 e. The SMILES string of the molecule is Fc1cc(C(F)(F)F)cc(C(Cc2ccccc2)(Nc2nc3c(F)c(F)cc(-c4ccc(C[C@](Nc5nc6ccccc6[nH]5)(c5cc(F)cc(C(F)(F)F)c5)c5ccc(Cl)cn5)cc4)c3[nH]2)c2ccc(Cl)cn2)c1. The number of halogens is 12. The van der Waals surface area contributed by atoms with Crippen molar-refractivity contribution < 1.29 is 43.9 Å². The number of pyridine rings is 2. The van der Waals surface area contributed by atoms with E-state index in [2.05, 4.69) is 40.5 Å². The molecule has 0 spiro atoms. The minimum atomic E-state index is -4.98. The molecule has 0 aliphatic rings. The Balaban J connectivity index is 1.10. The van der Waals surface area contributed by atoms with Gasteiger partial charge in [-0.15, -0.1) is 0 Å². The number of H-pyrrole nitrogens is 2. The van der Waals surface area contributed by atoms with Crippen LogP contribution in [0.3, 0.4) is 0 Å². The average Bonchev–Trinajstić information content (AvgIpc) is 3.99. The van der Waals surface area contributed by atoms with Gasteiger partial charge in [0.25, 0.3) is 0 Å². The molecule has 0 saturated carbocycles. The van der Waals surface area contributed by atoms with Gasteiger partial charge in [0, 0.05) is 30.8 Å². The zero-order valence-corrected chi connectivity index (χ0v) is 39.3. The maximum atomic E-state index is 16.0. The zero-order chi connectivity index (χ0) is 52.2. The third-order valence-corrected chi connectivity index (χ3v) is 13.0. The third-order valence-electron chi connectivity index (χ3n) is 12.5. The molecule has 4 N–H and O–H groups in total. The van der Waals surface area contributed by atoms with Crippen molar-refractivity contribution in [1.29, 1.82) is 0 Å². The van der Waals surface area contributed by atoms with Crippen LogP contribution in [0.1, 0.15) is 44.8 Å². The van der Waals surface area contributed by atoms with Crippen LogP contribution in [0.15, 0.2) is 158 Å². The molecule has 1 unspecified atom stereocenters. The first-order valence-electron chi connectivity index (χ1n) is 22.3. The number of imidazole rings is 2. The number of hydrogen-bond acceptors (Lipinski definition) is 6. The van der Waals surface area contributed by atoms with Crippen molar-refractivity contribution in [3.63, 3.8) is 0 Å². The second-order valence-electron chi connectivity index (χ2n) is 17.4. The first kappa shape index (κ1) is 49.6. The number of alkyl halides is 6. The highest BCUT2D eigenvalue weighted by Gasteiger charge is 2.43. The number of para-hydroxylation sites is 2. The summed E-state index contributed by atoms with van der Waals surface area (Å²) in [6, 6.07) is 32.5. The minimum absolute atomic E-state index is 0.0555. The lowest BCUT2D eigenvalue weighted by atomic mass is 9.79. The van der Waals surface area contributed by atoms with Gasteiger partial charge in [0.05, 0.1) is 49.1 Å². The number of aromatic amines is 2. The van der Waals surface area contributed by atoms with E-state index in [4.69, 9.17) is 23.2 Å². The number of rotatable bonds is 13. The summed E-state index contributed by atoms with van der Waals surface area (Å²) < 4.78 is 149. The fourth-order valence-corrected chi connectivity index (χ4v) is 9.34. The van der Waals surface area contributed by atoms with Gasteiger partial charge in [-0.1, -0.05) is 89.9 Å². The third kappa shape index (κ3) is 9.81. The van der Waals surface area contributed by atoms with Crippen LogP contribution in [0.2, 0.25) is 10.0 Å². The maximum Gasteiger partial charge on any atom is 0.416 e. The van der Waals surface area contributed by atoms with Gasteiger partial charge in [-0.05, 0) is 107 Å². The topological polar surface area (TPSA) is 107 Å². The smallest absolute Gasteiger partial charge is 0.340 e. The van der Waals surface area contributed by atoms with Crippen LogP contribution in [0.5, 0.6) is 0 Å². The van der Waals surface area contributed by atoms with Gasteiger partial charge in [-0.25, -0.2) is 27.5 Å². The molecule has 4 heterocycles. The van der Waals surface area contributed by atoms with Crippen LogP contribution >= 0.6 is 23.2 Å². The van der Waals surface area contributed by atoms with Gasteiger partial charge in [-0.3, -0.25) is 9.97 Å². The van der Waals surface area contributed by atoms with Crippen LogP contribution in [0, 0.1) is 23.3 Å². The molecule has 10 aromatic rings. The predicted octanol–water partition coefficient (Wildman–Crippen LogP) is 15.0. The molecular formula is C54H34Cl2F10N8. The molecule has 8 nitrogen and oxygen atoms in total. The molecule has 0 saturated heterocycles. The summed E-state index contributed by atoms with van der Waals surface area (Å²) in [7, 11) is 0. The quantitative estimate of drug-likeness (QED) is 0.0857. The molecule has 0 aliphatic carbocycles. The standard InChI is InChI=1S/C54H34Cl2F10N8/c55-36-14-16-44(67-27-36)51(25-29-6-2-1-3-7-29,32-18-34(53(61,62)63)22-38(57)20-32)74-50-71-47-40(24-41(59)46(60)48(47)72-50)31-12-10-30(11-13-31)26-52(45-17-15-37(56)28-68-45,33-19-35(54(64,65)66)23-39(58)21-33)73-49-69-42-8-4-5-9-43(42)70-49/h1-24,27-28H,25-26H2,(H2,69,70,73)(H2,71,72,74)/t51?,52-/m0/s1. The highest BCUT2D eigenvalue weighted by atomic mass is 35.5. The number of nitrogens with one attached hydrogen (secondary N) is 4. The molecule has 2 atom stereocenters. The Morgan fingerprint density at radius 2 is 1.00 bits per heavy atom. The molecule has 20 heteroatoms. The zero-order valence-electron chi connectivity index (χ0n) is 37.7. The summed E-state index contributed by atoms with van der Waals surface area (Å²) in [6.45, 7) is 0. The van der Waals surface area contributed by atoms with Crippen molar-refractivity contribution in [2.75, 3.05) is 10.6 Å². The fraction of sp³-hybridized carbons (Fsp3) is 0.111. The van der Waals surface area contributed by atoms with E-state index in [-0.39, 0.29) is 73.9 Å². The van der Waals surface area contributed by atoms with Crippen molar-refractivity contribution in [1.82, 2.24) is 29.9 Å². The maximum absolute atomic E-state index is 16.0. The summed E-state index contributed by atoms with van der Waals surface area (Å²) in [5.41, 5.74) is -4.75. The fourth-order valence-electron chi connectivity index (χ4n) is 9.11. The van der Waals surface area contributed by atoms with Gasteiger partial charge < -0.3 is 20.6 Å². The van der Waals surface area contributed by atoms with Crippen LogP contribution in [-0.2, 0) is 36.3 Å². The van der Waals surface area contributed by atoms with Crippen molar-refractivity contribution in [2.45, 2.75) is 36.3 Å². The molecule has 10 rings (SSSR count). The molecule has 0 amide bonds. The van der Waals surface area contributed by atoms with Gasteiger partial charge >= 0.3 is 12.4 Å². The van der Waals surface area contributed by atoms with Crippen molar-refractivity contribution in [3.8, 4) is 11.1 Å². The number of hydrogen-bond donors (Lipinski definition) is 4. The van der Waals surface area contributed by atoms with Gasteiger partial charge in [0.15, 0.2) is 11.6 Å². The van der Waals surface area contributed by atoms with E-state index in [0.717, 1.165) is 30.3 Å². The first-order chi connectivity index (χ1) is 35.3. The molecule has 0 fully saturated rings. The second-order valence-corrected chi connectivity index (χ2v) is 18.3. The first-order valence-corrected chi connectivity index (χ1v) is 23.0. The highest BCUT2D eigenvalue weighted by molar-refractivity contribution is 6.30. The lowest BCUT2D eigenvalue weighted by Gasteiger charge is -2.36. The lowest BCUT2D eigenvalue weighted by Crippen LogP contribution is -2.40. The lowest BCUT2D eigenvalue weighted by molar-refractivity contribution is -0.138. The Morgan fingerprint density at radius 1 is 0.500 bits per heavy atom. The number of benzene rings is 6. The Bertz CT molecular complexity index is 3650. The Kier molecular flexibility index (Phi) is 12.8. The molecule has 74 heavy (non-hydrogen) atoms. The molecule has 0 aliphatic heterocycles. The molecule has 0 radical (unpaired) electrons. The molecular weight excluding hydrogens is 1020 g/mol. The van der Waals surface area contributed by atoms with E-state index in [1.165, 1.54) is 48.8 Å². The summed E-state index contributed by atoms with van der Waals surface area (Å²) in [4.78, 5) is 24.1. The summed E-state index contributed by atoms with van der Waals surface area (Å²) >= 11 is 12.5. The predicted molar refractivity (Wildman–Crippen MR) is 261 cm³/mol. The number of fused-ring (bicyclic) bond motifs is 2. The van der Waals surface area contributed by atoms with Gasteiger partial charge in [0.2, 0.25) is 11.9 Å². The van der Waals surface area contributed by atoms with Gasteiger partial charge in [-0.2, -0.15) is 26.3 Å². The summed E-state index contributed by atoms with van der Waals surface area (Å²) in [5, 5.41) is 6.73. The van der Waals surface area contributed by atoms with Crippen molar-refractivity contribution in [2.24, 2.45) is 0 Å². The Morgan fingerprint density at radius 3 is 1.51 bits per heavy atom. The van der Waals surface area contributed by atoms with E-state index < -0.39 is 63.3 Å². The second kappa shape index (κ2) is 19.1. The monoisotopic (exact) mass is 1050 g/mol. The van der Waals surface area contributed by atoms with Crippen molar-refractivity contribution in [3.05, 3.63) is 236 Å². The van der Waals surface area contributed by atoms with Crippen LogP contribution < -0.4 is 10.6 Å². The van der Waals surface area contributed by atoms with Gasteiger partial charge in [0.1, 0.15) is 28.2 Å². The minimum Gasteiger partial charge on any atom is -0.340 e. The molecule has 4 aromatic heterocycles. The number of aromatic nitrogens is 6. The van der Waals surface area contributed by atoms with Crippen LogP contribution in [0.25, 0.3) is 33.2 Å². The molecule has 374 valence electrons. The normalized spacial score (nSPS) is 13.7. The van der Waals surface area contributed by atoms with E-state index in [1.807, 2.05) is 0 Å². The van der Waals surface area contributed by atoms with E-state index in [9.17, 15) is 26.3 Å².